The molecule has 2 amide bonds. The first-order chi connectivity index (χ1) is 25.0. The number of aromatic nitrogens is 3. The van der Waals surface area contributed by atoms with Crippen LogP contribution in [0.3, 0.4) is 0 Å². The Balaban J connectivity index is 1.09. The van der Waals surface area contributed by atoms with Gasteiger partial charge in [-0.2, -0.15) is 5.26 Å². The molecule has 0 aliphatic carbocycles. The Bertz CT molecular complexity index is 1710. The number of imidazole rings is 1. The Morgan fingerprint density at radius 3 is 2.24 bits per heavy atom. The molecular formula is C38H51N7O5S. The minimum Gasteiger partial charge on any atom is -0.382 e. The Labute approximate surface area is 304 Å². The molecule has 0 aliphatic rings. The molecule has 12 nitrogen and oxygen atoms in total. The van der Waals surface area contributed by atoms with Crippen LogP contribution in [0, 0.1) is 10.7 Å². The Hall–Kier alpha value is -4.22. The zero-order chi connectivity index (χ0) is 36.1. The maximum Gasteiger partial charge on any atom is 0.220 e. The number of aryl methyl sites for hydroxylation is 1. The predicted octanol–water partition coefficient (Wildman–Crippen LogP) is 5.50. The topological polar surface area (TPSA) is 166 Å². The fourth-order valence-electron chi connectivity index (χ4n) is 5.56. The lowest BCUT2D eigenvalue weighted by atomic mass is 10.1. The van der Waals surface area contributed by atoms with Gasteiger partial charge in [0.05, 0.1) is 37.5 Å². The van der Waals surface area contributed by atoms with Crippen LogP contribution >= 0.6 is 11.8 Å². The first-order valence-electron chi connectivity index (χ1n) is 17.9. The smallest absolute Gasteiger partial charge is 0.220 e. The number of ether oxygens (including phenoxy) is 3. The predicted molar refractivity (Wildman–Crippen MR) is 202 cm³/mol. The van der Waals surface area contributed by atoms with Crippen molar-refractivity contribution in [3.05, 3.63) is 65.5 Å². The number of para-hydroxylation sites is 1. The average molecular weight is 718 g/mol. The fraction of sp³-hybridized carbons (Fsp3) is 0.500. The number of hydrogen-bond donors (Lipinski definition) is 3. The van der Waals surface area contributed by atoms with Gasteiger partial charge < -0.3 is 35.1 Å². The van der Waals surface area contributed by atoms with Crippen molar-refractivity contribution in [2.75, 3.05) is 57.7 Å². The molecular weight excluding hydrogens is 667 g/mol. The molecule has 0 saturated heterocycles. The van der Waals surface area contributed by atoms with Gasteiger partial charge in [-0.3, -0.25) is 9.59 Å². The third-order valence-corrected chi connectivity index (χ3v) is 8.86. The van der Waals surface area contributed by atoms with E-state index >= 15 is 0 Å². The molecule has 4 rings (SSSR count). The number of hydrogen-bond acceptors (Lipinski definition) is 10. The second-order valence-corrected chi connectivity index (χ2v) is 13.1. The highest BCUT2D eigenvalue weighted by atomic mass is 32.2. The maximum atomic E-state index is 12.5. The number of benzene rings is 2. The van der Waals surface area contributed by atoms with E-state index in [1.807, 2.05) is 35.7 Å². The number of nitrogens with two attached hydrogens (primary N) is 1. The summed E-state index contributed by atoms with van der Waals surface area (Å²) >= 11 is 1.24. The SMILES string of the molecule is CCCCc1nc2c(N)nc3ccccc3c2n1Cc1ccc(CNC(=O)CCCC(=O)NCCCOCCOCCOCCCSC#N)cc1. The van der Waals surface area contributed by atoms with Crippen molar-refractivity contribution in [3.63, 3.8) is 0 Å². The van der Waals surface area contributed by atoms with Crippen LogP contribution < -0.4 is 16.4 Å². The second kappa shape index (κ2) is 22.6. The lowest BCUT2D eigenvalue weighted by molar-refractivity contribution is -0.122. The largest absolute Gasteiger partial charge is 0.382 e. The number of anilines is 1. The van der Waals surface area contributed by atoms with Crippen LogP contribution in [0.4, 0.5) is 5.82 Å². The standard InChI is InChI=1S/C38H51N7O5S/c1-2-3-11-33-44-36-37(31-9-4-5-10-32(31)43-38(36)40)45(33)27-30-16-14-29(15-17-30)26-42-35(47)13-6-12-34(46)41-18-7-19-48-21-23-50-24-22-49-20-8-25-51-28-39/h4-5,9-10,14-17H,2-3,6-8,11-13,18-27H2,1H3,(H2,40,43)(H,41,46)(H,42,47). The van der Waals surface area contributed by atoms with E-state index in [9.17, 15) is 9.59 Å². The van der Waals surface area contributed by atoms with Crippen molar-refractivity contribution < 1.29 is 23.8 Å². The third-order valence-electron chi connectivity index (χ3n) is 8.24. The molecule has 13 heteroatoms. The summed E-state index contributed by atoms with van der Waals surface area (Å²) in [6.45, 7) is 6.96. The highest BCUT2D eigenvalue weighted by Crippen LogP contribution is 2.30. The average Bonchev–Trinajstić information content (AvgIpc) is 3.50. The molecule has 0 unspecified atom stereocenters. The summed E-state index contributed by atoms with van der Waals surface area (Å²) in [5.74, 6) is 2.09. The number of fused-ring (bicyclic) bond motifs is 3. The van der Waals surface area contributed by atoms with Crippen LogP contribution in [0.25, 0.3) is 21.9 Å². The summed E-state index contributed by atoms with van der Waals surface area (Å²) in [5.41, 5.74) is 11.1. The molecule has 2 aromatic carbocycles. The molecule has 0 fully saturated rings. The normalized spacial score (nSPS) is 11.2. The van der Waals surface area contributed by atoms with Crippen LogP contribution in [-0.2, 0) is 43.3 Å². The molecule has 0 radical (unpaired) electrons. The van der Waals surface area contributed by atoms with E-state index in [0.29, 0.717) is 90.8 Å². The molecule has 2 aromatic heterocycles. The maximum absolute atomic E-state index is 12.5. The molecule has 4 N–H and O–H groups in total. The van der Waals surface area contributed by atoms with Crippen molar-refractivity contribution in [3.8, 4) is 5.40 Å². The van der Waals surface area contributed by atoms with Gasteiger partial charge in [0.1, 0.15) is 16.7 Å². The molecule has 274 valence electrons. The van der Waals surface area contributed by atoms with Gasteiger partial charge >= 0.3 is 0 Å². The Kier molecular flexibility index (Phi) is 17.5. The number of nitriles is 1. The van der Waals surface area contributed by atoms with Crippen molar-refractivity contribution in [1.29, 1.82) is 5.26 Å². The number of pyridine rings is 1. The van der Waals surface area contributed by atoms with Crippen LogP contribution in [0.1, 0.15) is 68.8 Å². The zero-order valence-corrected chi connectivity index (χ0v) is 30.5. The van der Waals surface area contributed by atoms with E-state index < -0.39 is 0 Å². The minimum atomic E-state index is -0.0766. The number of rotatable bonds is 25. The van der Waals surface area contributed by atoms with E-state index in [1.165, 1.54) is 11.8 Å². The van der Waals surface area contributed by atoms with Gasteiger partial charge in [0.25, 0.3) is 0 Å². The fourth-order valence-corrected chi connectivity index (χ4v) is 5.91. The zero-order valence-electron chi connectivity index (χ0n) is 29.7. The number of nitrogen functional groups attached to an aromatic ring is 1. The van der Waals surface area contributed by atoms with Crippen molar-refractivity contribution >= 4 is 51.3 Å². The van der Waals surface area contributed by atoms with Crippen LogP contribution in [-0.4, -0.2) is 78.3 Å². The number of thiocyanates is 1. The summed E-state index contributed by atoms with van der Waals surface area (Å²) in [5, 5.41) is 17.4. The highest BCUT2D eigenvalue weighted by Gasteiger charge is 2.17. The number of nitrogens with zero attached hydrogens (tertiary/aromatic N) is 4. The number of thioether (sulfide) groups is 1. The molecule has 0 saturated carbocycles. The van der Waals surface area contributed by atoms with Gasteiger partial charge in [-0.15, -0.1) is 0 Å². The second-order valence-electron chi connectivity index (χ2n) is 12.2. The number of amides is 2. The monoisotopic (exact) mass is 717 g/mol. The summed E-state index contributed by atoms with van der Waals surface area (Å²) in [4.78, 5) is 34.1. The molecule has 4 aromatic rings. The Morgan fingerprint density at radius 2 is 1.51 bits per heavy atom. The lowest BCUT2D eigenvalue weighted by Crippen LogP contribution is -2.26. The minimum absolute atomic E-state index is 0.0663. The van der Waals surface area contributed by atoms with Crippen molar-refractivity contribution in [1.82, 2.24) is 25.2 Å². The highest BCUT2D eigenvalue weighted by molar-refractivity contribution is 8.03. The van der Waals surface area contributed by atoms with Crippen molar-refractivity contribution in [2.45, 2.75) is 71.4 Å². The van der Waals surface area contributed by atoms with Gasteiger partial charge in [0, 0.05) is 63.2 Å². The molecule has 0 atom stereocenters. The third kappa shape index (κ3) is 13.4. The molecule has 0 spiro atoms. The van der Waals surface area contributed by atoms with E-state index in [4.69, 9.17) is 30.2 Å². The molecule has 0 aliphatic heterocycles. The van der Waals surface area contributed by atoms with E-state index in [0.717, 1.165) is 70.3 Å². The number of unbranched alkanes of at least 4 members (excludes halogenated alkanes) is 1. The molecule has 51 heavy (non-hydrogen) atoms. The van der Waals surface area contributed by atoms with Gasteiger partial charge in [-0.25, -0.2) is 9.97 Å². The summed E-state index contributed by atoms with van der Waals surface area (Å²) in [7, 11) is 0. The quantitative estimate of drug-likeness (QED) is 0.0588. The first kappa shape index (κ1) is 39.6. The summed E-state index contributed by atoms with van der Waals surface area (Å²) in [6, 6.07) is 16.3. The number of nitrogens with one attached hydrogen (secondary N) is 2. The number of carbonyl (C=O) groups excluding carboxylic acids is 2. The van der Waals surface area contributed by atoms with Crippen LogP contribution in [0.15, 0.2) is 48.5 Å². The van der Waals surface area contributed by atoms with Crippen LogP contribution in [0.5, 0.6) is 0 Å². The van der Waals surface area contributed by atoms with E-state index in [1.54, 1.807) is 0 Å². The van der Waals surface area contributed by atoms with Gasteiger partial charge in [0.15, 0.2) is 5.82 Å². The Morgan fingerprint density at radius 1 is 0.843 bits per heavy atom. The molecule has 2 heterocycles. The lowest BCUT2D eigenvalue weighted by Gasteiger charge is -2.12. The van der Waals surface area contributed by atoms with E-state index in [2.05, 4.69) is 45.3 Å². The van der Waals surface area contributed by atoms with Crippen molar-refractivity contribution in [2.24, 2.45) is 0 Å². The van der Waals surface area contributed by atoms with Gasteiger partial charge in [-0.05, 0) is 54.6 Å². The van der Waals surface area contributed by atoms with E-state index in [-0.39, 0.29) is 11.8 Å². The number of carbonyl (C=O) groups is 2. The van der Waals surface area contributed by atoms with Gasteiger partial charge in [0.2, 0.25) is 11.8 Å². The summed E-state index contributed by atoms with van der Waals surface area (Å²) in [6.07, 6.45) is 5.61. The molecule has 0 bridgehead atoms. The van der Waals surface area contributed by atoms with Crippen LogP contribution in [0.2, 0.25) is 0 Å². The van der Waals surface area contributed by atoms with Gasteiger partial charge in [-0.1, -0.05) is 55.8 Å². The first-order valence-corrected chi connectivity index (χ1v) is 18.9. The summed E-state index contributed by atoms with van der Waals surface area (Å²) < 4.78 is 18.7.